The van der Waals surface area contributed by atoms with Crippen LogP contribution in [-0.2, 0) is 5.41 Å². The van der Waals surface area contributed by atoms with E-state index in [2.05, 4.69) is 56.2 Å². The van der Waals surface area contributed by atoms with E-state index in [0.29, 0.717) is 0 Å². The van der Waals surface area contributed by atoms with Gasteiger partial charge in [0.05, 0.1) is 0 Å². The molecule has 0 radical (unpaired) electrons. The topological polar surface area (TPSA) is 3.24 Å². The quantitative estimate of drug-likeness (QED) is 0.659. The molecule has 0 atom stereocenters. The van der Waals surface area contributed by atoms with Crippen LogP contribution < -0.4 is 4.90 Å². The summed E-state index contributed by atoms with van der Waals surface area (Å²) in [5, 5.41) is 0. The third-order valence-corrected chi connectivity index (χ3v) is 3.23. The van der Waals surface area contributed by atoms with E-state index >= 15 is 0 Å². The first-order valence-corrected chi connectivity index (χ1v) is 5.26. The lowest BCUT2D eigenvalue weighted by molar-refractivity contribution is 0.639. The Morgan fingerprint density at radius 3 is 2.67 bits per heavy atom. The molecule has 2 rings (SSSR count). The number of benzene rings is 1. The molecule has 0 amide bonds. The van der Waals surface area contributed by atoms with Crippen LogP contribution in [0.1, 0.15) is 19.4 Å². The zero-order chi connectivity index (χ0) is 11.1. The number of allylic oxidation sites excluding steroid dienone is 1. The van der Waals surface area contributed by atoms with Crippen molar-refractivity contribution >= 4 is 5.69 Å². The van der Waals surface area contributed by atoms with Gasteiger partial charge in [-0.15, -0.1) is 6.58 Å². The van der Waals surface area contributed by atoms with Gasteiger partial charge in [-0.3, -0.25) is 0 Å². The highest BCUT2D eigenvalue weighted by Gasteiger charge is 2.37. The third-order valence-electron chi connectivity index (χ3n) is 3.23. The van der Waals surface area contributed by atoms with Crippen LogP contribution >= 0.6 is 0 Å². The molecule has 1 aromatic rings. The minimum atomic E-state index is 0.0413. The highest BCUT2D eigenvalue weighted by atomic mass is 15.2. The van der Waals surface area contributed by atoms with E-state index in [1.807, 2.05) is 6.08 Å². The molecule has 0 spiro atoms. The van der Waals surface area contributed by atoms with Crippen molar-refractivity contribution in [2.75, 3.05) is 11.4 Å². The van der Waals surface area contributed by atoms with Crippen molar-refractivity contribution in [3.8, 4) is 0 Å². The fraction of sp³-hybridized carbons (Fsp3) is 0.286. The average molecular weight is 199 g/mol. The van der Waals surface area contributed by atoms with Crippen LogP contribution in [0.3, 0.4) is 0 Å². The Morgan fingerprint density at radius 1 is 1.33 bits per heavy atom. The van der Waals surface area contributed by atoms with Crippen molar-refractivity contribution in [3.63, 3.8) is 0 Å². The van der Waals surface area contributed by atoms with Crippen LogP contribution in [0.2, 0.25) is 0 Å². The molecule has 1 aliphatic rings. The summed E-state index contributed by atoms with van der Waals surface area (Å²) in [5.74, 6) is 0. The van der Waals surface area contributed by atoms with E-state index in [1.165, 1.54) is 11.3 Å². The van der Waals surface area contributed by atoms with Crippen LogP contribution in [0.5, 0.6) is 0 Å². The molecule has 1 heteroatoms. The molecule has 0 unspecified atom stereocenters. The molecular formula is C14H17N. The molecule has 0 N–H and O–H groups in total. The van der Waals surface area contributed by atoms with Crippen molar-refractivity contribution in [1.82, 2.24) is 0 Å². The number of hydrogen-bond acceptors (Lipinski definition) is 1. The molecule has 1 aliphatic heterocycles. The predicted octanol–water partition coefficient (Wildman–Crippen LogP) is 3.48. The Morgan fingerprint density at radius 2 is 2.00 bits per heavy atom. The standard InChI is InChI=1S/C14H17N/c1-5-10-15-11(2)14(3,4)12-8-6-7-9-13(12)15/h5-9H,1-2,10H2,3-4H3. The number of nitrogens with zero attached hydrogens (tertiary/aromatic N) is 1. The zero-order valence-electron chi connectivity index (χ0n) is 9.46. The van der Waals surface area contributed by atoms with Crippen molar-refractivity contribution in [2.45, 2.75) is 19.3 Å². The number of hydrogen-bond donors (Lipinski definition) is 0. The van der Waals surface area contributed by atoms with Crippen LogP contribution in [0.25, 0.3) is 0 Å². The van der Waals surface area contributed by atoms with Gasteiger partial charge in [-0.2, -0.15) is 0 Å². The summed E-state index contributed by atoms with van der Waals surface area (Å²) in [7, 11) is 0. The van der Waals surface area contributed by atoms with Crippen molar-refractivity contribution in [1.29, 1.82) is 0 Å². The predicted molar refractivity (Wildman–Crippen MR) is 66.2 cm³/mol. The number of fused-ring (bicyclic) bond motifs is 1. The number of rotatable bonds is 2. The molecule has 0 aliphatic carbocycles. The van der Waals surface area contributed by atoms with E-state index in [-0.39, 0.29) is 5.41 Å². The first-order valence-electron chi connectivity index (χ1n) is 5.26. The second-order valence-corrected chi connectivity index (χ2v) is 4.49. The average Bonchev–Trinajstić information content (AvgIpc) is 2.42. The van der Waals surface area contributed by atoms with E-state index < -0.39 is 0 Å². The smallest absolute Gasteiger partial charge is 0.0453 e. The second kappa shape index (κ2) is 3.27. The highest BCUT2D eigenvalue weighted by molar-refractivity contribution is 5.70. The Bertz CT molecular complexity index is 415. The summed E-state index contributed by atoms with van der Waals surface area (Å²) in [5.41, 5.74) is 3.83. The third kappa shape index (κ3) is 1.30. The molecule has 15 heavy (non-hydrogen) atoms. The molecule has 1 nitrogen and oxygen atoms in total. The summed E-state index contributed by atoms with van der Waals surface area (Å²) < 4.78 is 0. The van der Waals surface area contributed by atoms with Crippen molar-refractivity contribution in [3.05, 3.63) is 54.8 Å². The van der Waals surface area contributed by atoms with Gasteiger partial charge in [0, 0.05) is 23.3 Å². The summed E-state index contributed by atoms with van der Waals surface area (Å²) in [6.45, 7) is 13.3. The Labute approximate surface area is 91.7 Å². The monoisotopic (exact) mass is 199 g/mol. The van der Waals surface area contributed by atoms with E-state index in [9.17, 15) is 0 Å². The van der Waals surface area contributed by atoms with Gasteiger partial charge < -0.3 is 4.90 Å². The van der Waals surface area contributed by atoms with E-state index in [0.717, 1.165) is 12.2 Å². The van der Waals surface area contributed by atoms with Gasteiger partial charge in [-0.05, 0) is 11.6 Å². The maximum atomic E-state index is 4.20. The molecule has 78 valence electrons. The lowest BCUT2D eigenvalue weighted by Crippen LogP contribution is -2.25. The molecule has 0 aromatic heterocycles. The van der Waals surface area contributed by atoms with Crippen molar-refractivity contribution < 1.29 is 0 Å². The Kier molecular flexibility index (Phi) is 2.18. The first kappa shape index (κ1) is 10.0. The summed E-state index contributed by atoms with van der Waals surface area (Å²) in [4.78, 5) is 2.24. The van der Waals surface area contributed by atoms with E-state index in [1.54, 1.807) is 0 Å². The molecule has 1 heterocycles. The van der Waals surface area contributed by atoms with Gasteiger partial charge in [-0.1, -0.05) is 44.7 Å². The Balaban J connectivity index is 2.56. The van der Waals surface area contributed by atoms with Gasteiger partial charge in [0.15, 0.2) is 0 Å². The van der Waals surface area contributed by atoms with Crippen molar-refractivity contribution in [2.24, 2.45) is 0 Å². The fourth-order valence-electron chi connectivity index (χ4n) is 2.21. The first-order chi connectivity index (χ1) is 7.09. The van der Waals surface area contributed by atoms with Gasteiger partial charge in [0.1, 0.15) is 0 Å². The highest BCUT2D eigenvalue weighted by Crippen LogP contribution is 2.46. The Hall–Kier alpha value is -1.50. The molecular weight excluding hydrogens is 182 g/mol. The van der Waals surface area contributed by atoms with Gasteiger partial charge in [-0.25, -0.2) is 0 Å². The number of para-hydroxylation sites is 1. The molecule has 0 bridgehead atoms. The van der Waals surface area contributed by atoms with Gasteiger partial charge in [0.2, 0.25) is 0 Å². The largest absolute Gasteiger partial charge is 0.341 e. The van der Waals surface area contributed by atoms with Gasteiger partial charge >= 0.3 is 0 Å². The molecule has 0 saturated carbocycles. The summed E-state index contributed by atoms with van der Waals surface area (Å²) in [6.07, 6.45) is 1.92. The lowest BCUT2D eigenvalue weighted by Gasteiger charge is -2.24. The number of anilines is 1. The maximum Gasteiger partial charge on any atom is 0.0453 e. The lowest BCUT2D eigenvalue weighted by atomic mass is 9.85. The minimum Gasteiger partial charge on any atom is -0.341 e. The maximum absolute atomic E-state index is 4.20. The van der Waals surface area contributed by atoms with Crippen LogP contribution in [0, 0.1) is 0 Å². The zero-order valence-corrected chi connectivity index (χ0v) is 9.46. The normalized spacial score (nSPS) is 17.7. The minimum absolute atomic E-state index is 0.0413. The summed E-state index contributed by atoms with van der Waals surface area (Å²) in [6, 6.07) is 8.50. The van der Waals surface area contributed by atoms with E-state index in [4.69, 9.17) is 0 Å². The summed E-state index contributed by atoms with van der Waals surface area (Å²) >= 11 is 0. The molecule has 0 saturated heterocycles. The SMILES string of the molecule is C=CCN1C(=C)C(C)(C)c2ccccc21. The van der Waals surface area contributed by atoms with Crippen LogP contribution in [0.15, 0.2) is 49.2 Å². The molecule has 1 aromatic carbocycles. The van der Waals surface area contributed by atoms with Crippen LogP contribution in [-0.4, -0.2) is 6.54 Å². The second-order valence-electron chi connectivity index (χ2n) is 4.49. The van der Waals surface area contributed by atoms with Crippen LogP contribution in [0.4, 0.5) is 5.69 Å². The fourth-order valence-corrected chi connectivity index (χ4v) is 2.21. The molecule has 0 fully saturated rings. The van der Waals surface area contributed by atoms with Gasteiger partial charge in [0.25, 0.3) is 0 Å².